The lowest BCUT2D eigenvalue weighted by atomic mass is 9.91. The highest BCUT2D eigenvalue weighted by Crippen LogP contribution is 2.45. The van der Waals surface area contributed by atoms with Crippen LogP contribution in [0.1, 0.15) is 42.7 Å². The monoisotopic (exact) mass is 370 g/mol. The van der Waals surface area contributed by atoms with Crippen molar-refractivity contribution in [1.29, 1.82) is 0 Å². The molecule has 27 heavy (non-hydrogen) atoms. The Morgan fingerprint density at radius 2 is 1.63 bits per heavy atom. The first-order chi connectivity index (χ1) is 12.9. The number of hydrogen-bond donors (Lipinski definition) is 0. The molecule has 0 saturated carbocycles. The Kier molecular flexibility index (Phi) is 5.35. The quantitative estimate of drug-likeness (QED) is 0.765. The van der Waals surface area contributed by atoms with Crippen LogP contribution < -0.4 is 9.47 Å². The summed E-state index contributed by atoms with van der Waals surface area (Å²) in [6.45, 7) is 4.58. The van der Waals surface area contributed by atoms with Crippen molar-refractivity contribution in [1.82, 2.24) is 0 Å². The molecule has 6 nitrogen and oxygen atoms in total. The van der Waals surface area contributed by atoms with Crippen molar-refractivity contribution < 1.29 is 28.5 Å². The molecule has 0 N–H and O–H groups in total. The van der Waals surface area contributed by atoms with Crippen LogP contribution in [0.4, 0.5) is 0 Å². The molecule has 0 amide bonds. The lowest BCUT2D eigenvalue weighted by Gasteiger charge is -2.38. The van der Waals surface area contributed by atoms with Crippen molar-refractivity contribution in [2.24, 2.45) is 0 Å². The molecule has 1 heterocycles. The van der Waals surface area contributed by atoms with Gasteiger partial charge in [0, 0.05) is 19.4 Å². The molecule has 0 aliphatic carbocycles. The predicted molar refractivity (Wildman–Crippen MR) is 97.6 cm³/mol. The first kappa shape index (κ1) is 18.8. The topological polar surface area (TPSA) is 71.1 Å². The zero-order chi connectivity index (χ0) is 19.6. The van der Waals surface area contributed by atoms with Gasteiger partial charge in [0.2, 0.25) is 0 Å². The van der Waals surface area contributed by atoms with E-state index in [4.69, 9.17) is 18.9 Å². The van der Waals surface area contributed by atoms with E-state index in [9.17, 15) is 9.59 Å². The number of carbonyl (C=O) groups excluding carboxylic acids is 2. The summed E-state index contributed by atoms with van der Waals surface area (Å²) in [4.78, 5) is 23.5. The third-order valence-corrected chi connectivity index (χ3v) is 4.36. The number of hydrogen-bond acceptors (Lipinski definition) is 6. The maximum atomic E-state index is 11.8. The van der Waals surface area contributed by atoms with Crippen LogP contribution in [0.2, 0.25) is 0 Å². The van der Waals surface area contributed by atoms with Crippen LogP contribution in [-0.2, 0) is 19.1 Å². The van der Waals surface area contributed by atoms with Crippen LogP contribution in [0.5, 0.6) is 11.5 Å². The summed E-state index contributed by atoms with van der Waals surface area (Å²) < 4.78 is 22.5. The van der Waals surface area contributed by atoms with E-state index in [0.29, 0.717) is 17.1 Å². The Morgan fingerprint density at radius 1 is 0.963 bits per heavy atom. The summed E-state index contributed by atoms with van der Waals surface area (Å²) in [6.07, 6.45) is -2.20. The highest BCUT2D eigenvalue weighted by Gasteiger charge is 2.43. The standard InChI is InChI=1S/C21H22O6/c1-12-5-10-18-17(11-12)20(25-13(2)22)21(26-14(3)23)19(27-18)15-6-8-16(24-4)9-7-15/h5-11,19-21H,1-4H3/t19-,20+,21+/m1/s1. The summed E-state index contributed by atoms with van der Waals surface area (Å²) in [6, 6.07) is 12.9. The summed E-state index contributed by atoms with van der Waals surface area (Å²) in [5.41, 5.74) is 2.45. The van der Waals surface area contributed by atoms with Gasteiger partial charge in [0.05, 0.1) is 7.11 Å². The van der Waals surface area contributed by atoms with E-state index in [0.717, 1.165) is 11.1 Å². The fourth-order valence-electron chi connectivity index (χ4n) is 3.21. The third kappa shape index (κ3) is 4.05. The van der Waals surface area contributed by atoms with Crippen LogP contribution in [0.15, 0.2) is 42.5 Å². The molecule has 1 aliphatic rings. The Labute approximate surface area is 158 Å². The number of esters is 2. The molecule has 2 aromatic rings. The second-order valence-corrected chi connectivity index (χ2v) is 6.46. The molecule has 0 saturated heterocycles. The minimum absolute atomic E-state index is 0.458. The van der Waals surface area contributed by atoms with E-state index in [-0.39, 0.29) is 0 Å². The van der Waals surface area contributed by atoms with Crippen molar-refractivity contribution in [3.05, 3.63) is 59.2 Å². The molecule has 3 rings (SSSR count). The largest absolute Gasteiger partial charge is 0.497 e. The summed E-state index contributed by atoms with van der Waals surface area (Å²) in [5.74, 6) is 0.359. The molecule has 6 heteroatoms. The fourth-order valence-corrected chi connectivity index (χ4v) is 3.21. The number of fused-ring (bicyclic) bond motifs is 1. The zero-order valence-corrected chi connectivity index (χ0v) is 15.7. The second kappa shape index (κ2) is 7.70. The Bertz CT molecular complexity index is 842. The van der Waals surface area contributed by atoms with Gasteiger partial charge >= 0.3 is 11.9 Å². The molecule has 2 aromatic carbocycles. The molecule has 0 bridgehead atoms. The number of ether oxygens (including phenoxy) is 4. The Morgan fingerprint density at radius 3 is 2.22 bits per heavy atom. The van der Waals surface area contributed by atoms with Gasteiger partial charge in [0.15, 0.2) is 18.3 Å². The van der Waals surface area contributed by atoms with Gasteiger partial charge in [-0.05, 0) is 36.8 Å². The van der Waals surface area contributed by atoms with Crippen molar-refractivity contribution >= 4 is 11.9 Å². The van der Waals surface area contributed by atoms with Gasteiger partial charge in [0.25, 0.3) is 0 Å². The van der Waals surface area contributed by atoms with Gasteiger partial charge in [-0.2, -0.15) is 0 Å². The maximum absolute atomic E-state index is 11.8. The molecule has 0 aromatic heterocycles. The van der Waals surface area contributed by atoms with E-state index >= 15 is 0 Å². The minimum atomic E-state index is -0.811. The second-order valence-electron chi connectivity index (χ2n) is 6.46. The number of rotatable bonds is 4. The maximum Gasteiger partial charge on any atom is 0.303 e. The first-order valence-electron chi connectivity index (χ1n) is 8.64. The molecule has 3 atom stereocenters. The van der Waals surface area contributed by atoms with Crippen molar-refractivity contribution in [2.75, 3.05) is 7.11 Å². The van der Waals surface area contributed by atoms with Gasteiger partial charge in [-0.25, -0.2) is 0 Å². The van der Waals surface area contributed by atoms with E-state index in [1.54, 1.807) is 19.2 Å². The average molecular weight is 370 g/mol. The normalized spacial score (nSPS) is 20.8. The third-order valence-electron chi connectivity index (χ3n) is 4.36. The van der Waals surface area contributed by atoms with Crippen molar-refractivity contribution in [3.8, 4) is 11.5 Å². The molecule has 0 spiro atoms. The fraction of sp³-hybridized carbons (Fsp3) is 0.333. The first-order valence-corrected chi connectivity index (χ1v) is 8.64. The van der Waals surface area contributed by atoms with Crippen LogP contribution >= 0.6 is 0 Å². The Hall–Kier alpha value is -3.02. The van der Waals surface area contributed by atoms with Gasteiger partial charge in [-0.1, -0.05) is 23.8 Å². The summed E-state index contributed by atoms with van der Waals surface area (Å²) in [5, 5.41) is 0. The van der Waals surface area contributed by atoms with Crippen molar-refractivity contribution in [2.45, 2.75) is 39.1 Å². The predicted octanol–water partition coefficient (Wildman–Crippen LogP) is 3.67. The lowest BCUT2D eigenvalue weighted by molar-refractivity contribution is -0.178. The summed E-state index contributed by atoms with van der Waals surface area (Å²) >= 11 is 0. The van der Waals surface area contributed by atoms with E-state index in [2.05, 4.69) is 0 Å². The molecular weight excluding hydrogens is 348 g/mol. The molecule has 142 valence electrons. The molecule has 1 aliphatic heterocycles. The number of carbonyl (C=O) groups is 2. The lowest BCUT2D eigenvalue weighted by Crippen LogP contribution is -2.39. The molecule has 0 fully saturated rings. The number of aryl methyl sites for hydroxylation is 1. The molecule has 0 radical (unpaired) electrons. The van der Waals surface area contributed by atoms with Crippen LogP contribution in [0, 0.1) is 6.92 Å². The number of methoxy groups -OCH3 is 1. The van der Waals surface area contributed by atoms with Gasteiger partial charge in [-0.15, -0.1) is 0 Å². The zero-order valence-electron chi connectivity index (χ0n) is 15.7. The smallest absolute Gasteiger partial charge is 0.303 e. The van der Waals surface area contributed by atoms with Gasteiger partial charge in [-0.3, -0.25) is 9.59 Å². The van der Waals surface area contributed by atoms with E-state index in [1.165, 1.54) is 13.8 Å². The van der Waals surface area contributed by atoms with Crippen molar-refractivity contribution in [3.63, 3.8) is 0 Å². The van der Waals surface area contributed by atoms with E-state index in [1.807, 2.05) is 37.3 Å². The molecule has 0 unspecified atom stereocenters. The minimum Gasteiger partial charge on any atom is -0.497 e. The highest BCUT2D eigenvalue weighted by atomic mass is 16.6. The van der Waals surface area contributed by atoms with Gasteiger partial charge < -0.3 is 18.9 Å². The van der Waals surface area contributed by atoms with Crippen LogP contribution in [-0.4, -0.2) is 25.2 Å². The van der Waals surface area contributed by atoms with E-state index < -0.39 is 30.3 Å². The average Bonchev–Trinajstić information content (AvgIpc) is 2.63. The van der Waals surface area contributed by atoms with Crippen LogP contribution in [0.3, 0.4) is 0 Å². The summed E-state index contributed by atoms with van der Waals surface area (Å²) in [7, 11) is 1.59. The Balaban J connectivity index is 2.08. The van der Waals surface area contributed by atoms with Crippen LogP contribution in [0.25, 0.3) is 0 Å². The number of benzene rings is 2. The molecular formula is C21H22O6. The van der Waals surface area contributed by atoms with Gasteiger partial charge in [0.1, 0.15) is 11.5 Å². The SMILES string of the molecule is COc1ccc([C@H]2Oc3ccc(C)cc3[C@H](OC(C)=O)[C@H]2OC(C)=O)cc1. The highest BCUT2D eigenvalue weighted by molar-refractivity contribution is 5.68.